The molecule has 2 aromatic carbocycles. The van der Waals surface area contributed by atoms with Crippen LogP contribution in [0, 0.1) is 6.92 Å². The van der Waals surface area contributed by atoms with Crippen LogP contribution in [0.15, 0.2) is 59.0 Å². The van der Waals surface area contributed by atoms with Gasteiger partial charge in [-0.15, -0.1) is 5.10 Å². The van der Waals surface area contributed by atoms with Gasteiger partial charge in [0.25, 0.3) is 0 Å². The predicted octanol–water partition coefficient (Wildman–Crippen LogP) is 3.87. The van der Waals surface area contributed by atoms with Crippen molar-refractivity contribution in [2.45, 2.75) is 6.92 Å². The molecule has 20 heavy (non-hydrogen) atoms. The van der Waals surface area contributed by atoms with Crippen molar-refractivity contribution in [3.05, 3.63) is 60.5 Å². The van der Waals surface area contributed by atoms with E-state index >= 15 is 0 Å². The molecule has 0 atom stereocenters. The van der Waals surface area contributed by atoms with Gasteiger partial charge in [0.05, 0.1) is 0 Å². The van der Waals surface area contributed by atoms with E-state index in [2.05, 4.69) is 20.8 Å². The molecule has 0 saturated carbocycles. The van der Waals surface area contributed by atoms with Crippen LogP contribution in [0.1, 0.15) is 5.89 Å². The van der Waals surface area contributed by atoms with Gasteiger partial charge in [-0.2, -0.15) is 0 Å². The molecule has 0 radical (unpaired) electrons. The number of nitrogens with one attached hydrogen (secondary N) is 2. The molecule has 5 heteroatoms. The summed E-state index contributed by atoms with van der Waals surface area (Å²) in [7, 11) is 0. The highest BCUT2D eigenvalue weighted by molar-refractivity contribution is 5.63. The molecule has 0 bridgehead atoms. The maximum Gasteiger partial charge on any atom is 0.320 e. The predicted molar refractivity (Wildman–Crippen MR) is 78.5 cm³/mol. The number of hydrogen-bond acceptors (Lipinski definition) is 5. The molecule has 0 unspecified atom stereocenters. The Labute approximate surface area is 116 Å². The van der Waals surface area contributed by atoms with Crippen LogP contribution in [-0.2, 0) is 0 Å². The third-order valence-electron chi connectivity index (χ3n) is 2.72. The van der Waals surface area contributed by atoms with E-state index in [4.69, 9.17) is 4.42 Å². The van der Waals surface area contributed by atoms with E-state index in [1.54, 1.807) is 6.92 Å². The second-order valence-corrected chi connectivity index (χ2v) is 4.32. The van der Waals surface area contributed by atoms with E-state index < -0.39 is 0 Å². The van der Waals surface area contributed by atoms with Crippen LogP contribution in [0.25, 0.3) is 0 Å². The Kier molecular flexibility index (Phi) is 3.33. The van der Waals surface area contributed by atoms with Gasteiger partial charge in [-0.3, -0.25) is 0 Å². The van der Waals surface area contributed by atoms with E-state index in [-0.39, 0.29) is 0 Å². The molecule has 3 aromatic rings. The van der Waals surface area contributed by atoms with Crippen molar-refractivity contribution < 1.29 is 4.42 Å². The van der Waals surface area contributed by atoms with Gasteiger partial charge in [0.15, 0.2) is 0 Å². The largest absolute Gasteiger partial charge is 0.408 e. The molecule has 1 aromatic heterocycles. The molecular weight excluding hydrogens is 252 g/mol. The Morgan fingerprint density at radius 2 is 1.35 bits per heavy atom. The average molecular weight is 266 g/mol. The van der Waals surface area contributed by atoms with Crippen molar-refractivity contribution in [2.24, 2.45) is 0 Å². The molecule has 0 fully saturated rings. The van der Waals surface area contributed by atoms with E-state index in [0.717, 1.165) is 17.1 Å². The lowest BCUT2D eigenvalue weighted by Crippen LogP contribution is -1.92. The van der Waals surface area contributed by atoms with Crippen molar-refractivity contribution in [2.75, 3.05) is 10.6 Å². The van der Waals surface area contributed by atoms with Crippen molar-refractivity contribution >= 4 is 23.1 Å². The van der Waals surface area contributed by atoms with Gasteiger partial charge >= 0.3 is 6.01 Å². The fourth-order valence-corrected chi connectivity index (χ4v) is 1.80. The maximum absolute atomic E-state index is 5.26. The van der Waals surface area contributed by atoms with Crippen LogP contribution in [-0.4, -0.2) is 10.2 Å². The lowest BCUT2D eigenvalue weighted by Gasteiger charge is -2.07. The van der Waals surface area contributed by atoms with Crippen LogP contribution in [0.2, 0.25) is 0 Å². The van der Waals surface area contributed by atoms with Gasteiger partial charge < -0.3 is 15.1 Å². The summed E-state index contributed by atoms with van der Waals surface area (Å²) in [4.78, 5) is 0. The summed E-state index contributed by atoms with van der Waals surface area (Å²) in [5, 5.41) is 14.0. The molecule has 0 aliphatic heterocycles. The highest BCUT2D eigenvalue weighted by Gasteiger charge is 2.02. The quantitative estimate of drug-likeness (QED) is 0.750. The number of anilines is 4. The molecule has 1 heterocycles. The van der Waals surface area contributed by atoms with Gasteiger partial charge in [-0.05, 0) is 36.4 Å². The highest BCUT2D eigenvalue weighted by Crippen LogP contribution is 2.20. The summed E-state index contributed by atoms with van der Waals surface area (Å²) >= 11 is 0. The number of aromatic nitrogens is 2. The third-order valence-corrected chi connectivity index (χ3v) is 2.72. The van der Waals surface area contributed by atoms with Crippen molar-refractivity contribution in [3.63, 3.8) is 0 Å². The topological polar surface area (TPSA) is 63.0 Å². The Balaban J connectivity index is 1.68. The Morgan fingerprint density at radius 1 is 0.750 bits per heavy atom. The lowest BCUT2D eigenvalue weighted by atomic mass is 10.2. The first-order valence-electron chi connectivity index (χ1n) is 6.29. The van der Waals surface area contributed by atoms with Crippen LogP contribution in [0.4, 0.5) is 23.1 Å². The minimum atomic E-state index is 0.395. The second-order valence-electron chi connectivity index (χ2n) is 4.32. The fourth-order valence-electron chi connectivity index (χ4n) is 1.80. The Bertz CT molecular complexity index is 677. The van der Waals surface area contributed by atoms with E-state index in [1.807, 2.05) is 54.6 Å². The Morgan fingerprint density at radius 3 is 1.95 bits per heavy atom. The zero-order valence-electron chi connectivity index (χ0n) is 11.0. The van der Waals surface area contributed by atoms with Gasteiger partial charge in [0.2, 0.25) is 5.89 Å². The first-order valence-corrected chi connectivity index (χ1v) is 6.29. The Hall–Kier alpha value is -2.82. The summed E-state index contributed by atoms with van der Waals surface area (Å²) in [6, 6.07) is 18.3. The summed E-state index contributed by atoms with van der Waals surface area (Å²) in [5.74, 6) is 0.537. The van der Waals surface area contributed by atoms with Crippen LogP contribution in [0.3, 0.4) is 0 Å². The van der Waals surface area contributed by atoms with Crippen LogP contribution in [0.5, 0.6) is 0 Å². The number of benzene rings is 2. The zero-order valence-corrected chi connectivity index (χ0v) is 11.0. The van der Waals surface area contributed by atoms with Crippen LogP contribution >= 0.6 is 0 Å². The molecule has 0 aliphatic rings. The monoisotopic (exact) mass is 266 g/mol. The number of rotatable bonds is 4. The summed E-state index contributed by atoms with van der Waals surface area (Å²) in [6.45, 7) is 1.76. The van der Waals surface area contributed by atoms with Crippen molar-refractivity contribution in [1.82, 2.24) is 10.2 Å². The average Bonchev–Trinajstić information content (AvgIpc) is 2.88. The lowest BCUT2D eigenvalue weighted by molar-refractivity contribution is 0.535. The van der Waals surface area contributed by atoms with Gasteiger partial charge in [-0.25, -0.2) is 0 Å². The van der Waals surface area contributed by atoms with E-state index in [9.17, 15) is 0 Å². The van der Waals surface area contributed by atoms with Crippen molar-refractivity contribution in [1.29, 1.82) is 0 Å². The van der Waals surface area contributed by atoms with E-state index in [0.29, 0.717) is 11.9 Å². The maximum atomic E-state index is 5.26. The minimum Gasteiger partial charge on any atom is -0.408 e. The number of para-hydroxylation sites is 1. The van der Waals surface area contributed by atoms with Gasteiger partial charge in [0, 0.05) is 24.0 Å². The number of nitrogens with zero attached hydrogens (tertiary/aromatic N) is 2. The first-order chi connectivity index (χ1) is 9.79. The van der Waals surface area contributed by atoms with Gasteiger partial charge in [0.1, 0.15) is 0 Å². The van der Waals surface area contributed by atoms with E-state index in [1.165, 1.54) is 0 Å². The molecular formula is C15H14N4O. The summed E-state index contributed by atoms with van der Waals surface area (Å²) < 4.78 is 5.26. The molecule has 0 saturated heterocycles. The molecule has 0 spiro atoms. The fraction of sp³-hybridized carbons (Fsp3) is 0.0667. The summed E-state index contributed by atoms with van der Waals surface area (Å²) in [6.07, 6.45) is 0. The summed E-state index contributed by atoms with van der Waals surface area (Å²) in [5.41, 5.74) is 2.97. The SMILES string of the molecule is Cc1nnc(Nc2ccc(Nc3ccccc3)cc2)o1. The minimum absolute atomic E-state index is 0.395. The molecule has 0 amide bonds. The molecule has 3 rings (SSSR count). The number of hydrogen-bond donors (Lipinski definition) is 2. The highest BCUT2D eigenvalue weighted by atomic mass is 16.4. The third kappa shape index (κ3) is 2.95. The first kappa shape index (κ1) is 12.2. The number of aryl methyl sites for hydroxylation is 1. The molecule has 100 valence electrons. The molecule has 2 N–H and O–H groups in total. The smallest absolute Gasteiger partial charge is 0.320 e. The normalized spacial score (nSPS) is 10.2. The molecule has 5 nitrogen and oxygen atoms in total. The molecule has 0 aliphatic carbocycles. The van der Waals surface area contributed by atoms with Gasteiger partial charge in [-0.1, -0.05) is 23.3 Å². The zero-order chi connectivity index (χ0) is 13.8. The standard InChI is InChI=1S/C15H14N4O/c1-11-18-19-15(20-11)17-14-9-7-13(8-10-14)16-12-5-3-2-4-6-12/h2-10,16H,1H3,(H,17,19). The second kappa shape index (κ2) is 5.44. The van der Waals surface area contributed by atoms with Crippen molar-refractivity contribution in [3.8, 4) is 0 Å². The van der Waals surface area contributed by atoms with Crippen LogP contribution < -0.4 is 10.6 Å².